The Bertz CT molecular complexity index is 2130. The van der Waals surface area contributed by atoms with E-state index in [4.69, 9.17) is 16.3 Å². The fourth-order valence-electron chi connectivity index (χ4n) is 8.98. The van der Waals surface area contributed by atoms with Crippen LogP contribution in [0.5, 0.6) is 11.5 Å². The van der Waals surface area contributed by atoms with Crippen molar-refractivity contribution in [1.82, 2.24) is 4.90 Å². The lowest BCUT2D eigenvalue weighted by molar-refractivity contribution is -0.141. The van der Waals surface area contributed by atoms with E-state index < -0.39 is 35.0 Å². The minimum absolute atomic E-state index is 0.00701. The topological polar surface area (TPSA) is 104 Å². The summed E-state index contributed by atoms with van der Waals surface area (Å²) in [7, 11) is 1.47. The molecule has 6 atom stereocenters. The highest BCUT2D eigenvalue weighted by Crippen LogP contribution is 2.62. The quantitative estimate of drug-likeness (QED) is 0.165. The highest BCUT2D eigenvalue weighted by molar-refractivity contribution is 6.32. The lowest BCUT2D eigenvalue weighted by Crippen LogP contribution is -2.54. The smallest absolute Gasteiger partial charge is 0.246 e. The molecule has 0 spiro atoms. The first kappa shape index (κ1) is 32.7. The number of allylic oxidation sites excluding steroid dienone is 3. The number of rotatable bonds is 7. The number of phenolic OH excluding ortho intramolecular Hbond substituents is 1. The first-order chi connectivity index (χ1) is 24.7. The standard InChI is InChI=1S/C42H35ClN2O6/c1-51-36-21-25(16-20-35(36)46)15-19-33-30-17-18-31-37(40(49)44(38(31)47)24-26-9-4-2-5-10-26)32(30)23-34-39(48)45(29-14-8-13-28(43)22-29)41(50)42(33,34)27-11-6-3-7-12-27/h2-17,19-22,31-34,37,46H,18,23-24H2,1H3. The molecule has 1 saturated carbocycles. The van der Waals surface area contributed by atoms with Gasteiger partial charge in [0.1, 0.15) is 0 Å². The number of phenols is 1. The number of ether oxygens (including phenoxy) is 1. The van der Waals surface area contributed by atoms with Crippen LogP contribution in [0.2, 0.25) is 5.02 Å². The van der Waals surface area contributed by atoms with Crippen LogP contribution in [0.25, 0.3) is 6.08 Å². The predicted molar refractivity (Wildman–Crippen MR) is 193 cm³/mol. The van der Waals surface area contributed by atoms with Crippen molar-refractivity contribution in [2.75, 3.05) is 12.0 Å². The van der Waals surface area contributed by atoms with Crippen LogP contribution < -0.4 is 9.64 Å². The zero-order valence-electron chi connectivity index (χ0n) is 27.8. The zero-order valence-corrected chi connectivity index (χ0v) is 28.6. The van der Waals surface area contributed by atoms with Crippen LogP contribution in [-0.4, -0.2) is 40.7 Å². The highest BCUT2D eigenvalue weighted by Gasteiger charge is 2.69. The van der Waals surface area contributed by atoms with Gasteiger partial charge in [-0.05, 0) is 65.8 Å². The maximum absolute atomic E-state index is 15.2. The number of imide groups is 2. The van der Waals surface area contributed by atoms with Gasteiger partial charge in [0.2, 0.25) is 23.6 Å². The molecule has 2 aliphatic carbocycles. The normalized spacial score (nSPS) is 27.0. The predicted octanol–water partition coefficient (Wildman–Crippen LogP) is 6.96. The van der Waals surface area contributed by atoms with Crippen LogP contribution in [0.15, 0.2) is 121 Å². The summed E-state index contributed by atoms with van der Waals surface area (Å²) < 4.78 is 5.36. The third kappa shape index (κ3) is 5.11. The maximum Gasteiger partial charge on any atom is 0.246 e. The van der Waals surface area contributed by atoms with Crippen LogP contribution in [0.3, 0.4) is 0 Å². The minimum atomic E-state index is -1.36. The molecule has 8 rings (SSSR count). The van der Waals surface area contributed by atoms with Crippen LogP contribution in [-0.2, 0) is 31.1 Å². The number of carbonyl (C=O) groups excluding carboxylic acids is 4. The van der Waals surface area contributed by atoms with Gasteiger partial charge in [0.15, 0.2) is 11.5 Å². The zero-order chi connectivity index (χ0) is 35.4. The minimum Gasteiger partial charge on any atom is -0.504 e. The van der Waals surface area contributed by atoms with Crippen molar-refractivity contribution in [3.63, 3.8) is 0 Å². The monoisotopic (exact) mass is 698 g/mol. The first-order valence-electron chi connectivity index (χ1n) is 17.1. The summed E-state index contributed by atoms with van der Waals surface area (Å²) in [5.41, 5.74) is 2.15. The van der Waals surface area contributed by atoms with Crippen LogP contribution in [0.4, 0.5) is 5.69 Å². The molecule has 2 heterocycles. The number of hydrogen-bond acceptors (Lipinski definition) is 6. The molecule has 4 aliphatic rings. The summed E-state index contributed by atoms with van der Waals surface area (Å²) >= 11 is 6.40. The van der Waals surface area contributed by atoms with E-state index in [1.54, 1.807) is 36.4 Å². The van der Waals surface area contributed by atoms with E-state index in [1.165, 1.54) is 23.0 Å². The summed E-state index contributed by atoms with van der Waals surface area (Å²) in [5, 5.41) is 10.7. The SMILES string of the molecule is COc1cc(C=CC2C3=CCC4C(=O)N(Cc5ccccc5)C(=O)C4C3CC3C(=O)N(c4cccc(Cl)c4)C(=O)C23c2ccccc2)ccc1O. The van der Waals surface area contributed by atoms with E-state index in [0.29, 0.717) is 34.0 Å². The number of fused-ring (bicyclic) bond motifs is 4. The molecule has 0 aromatic heterocycles. The van der Waals surface area contributed by atoms with E-state index in [-0.39, 0.29) is 42.3 Å². The van der Waals surface area contributed by atoms with E-state index in [9.17, 15) is 19.5 Å². The number of methoxy groups -OCH3 is 1. The van der Waals surface area contributed by atoms with Crippen LogP contribution in [0, 0.1) is 29.6 Å². The third-order valence-electron chi connectivity index (χ3n) is 11.2. The second-order valence-corrected chi connectivity index (χ2v) is 14.1. The lowest BCUT2D eigenvalue weighted by atomic mass is 9.50. The Balaban J connectivity index is 1.30. The van der Waals surface area contributed by atoms with Gasteiger partial charge in [-0.25, -0.2) is 4.90 Å². The molecule has 2 aliphatic heterocycles. The van der Waals surface area contributed by atoms with E-state index >= 15 is 4.79 Å². The number of amides is 4. The van der Waals surface area contributed by atoms with Gasteiger partial charge in [0.05, 0.1) is 42.5 Å². The summed E-state index contributed by atoms with van der Waals surface area (Å²) in [6.45, 7) is 0.177. The first-order valence-corrected chi connectivity index (χ1v) is 17.5. The molecule has 1 N–H and O–H groups in total. The number of likely N-dealkylation sites (tertiary alicyclic amines) is 1. The highest BCUT2D eigenvalue weighted by atomic mass is 35.5. The Morgan fingerprint density at radius 1 is 0.863 bits per heavy atom. The van der Waals surface area contributed by atoms with Gasteiger partial charge < -0.3 is 9.84 Å². The molecule has 6 unspecified atom stereocenters. The van der Waals surface area contributed by atoms with Crippen molar-refractivity contribution < 1.29 is 29.0 Å². The van der Waals surface area contributed by atoms with Gasteiger partial charge in [0, 0.05) is 10.9 Å². The number of aromatic hydroxyl groups is 1. The van der Waals surface area contributed by atoms with Crippen LogP contribution in [0.1, 0.15) is 29.5 Å². The Morgan fingerprint density at radius 2 is 1.61 bits per heavy atom. The van der Waals surface area contributed by atoms with Gasteiger partial charge in [-0.15, -0.1) is 0 Å². The Hall–Kier alpha value is -5.47. The molecule has 4 aromatic rings. The number of carbonyl (C=O) groups is 4. The molecular weight excluding hydrogens is 664 g/mol. The van der Waals surface area contributed by atoms with Crippen molar-refractivity contribution in [1.29, 1.82) is 0 Å². The average Bonchev–Trinajstić information content (AvgIpc) is 3.52. The van der Waals surface area contributed by atoms with Gasteiger partial charge in [-0.2, -0.15) is 0 Å². The van der Waals surface area contributed by atoms with Crippen molar-refractivity contribution >= 4 is 47.0 Å². The molecule has 9 heteroatoms. The number of anilines is 1. The second kappa shape index (κ2) is 12.7. The van der Waals surface area contributed by atoms with E-state index in [2.05, 4.69) is 0 Å². The summed E-state index contributed by atoms with van der Waals surface area (Å²) in [4.78, 5) is 60.9. The van der Waals surface area contributed by atoms with E-state index in [0.717, 1.165) is 11.1 Å². The molecule has 4 amide bonds. The molecule has 3 fully saturated rings. The average molecular weight is 699 g/mol. The molecule has 51 heavy (non-hydrogen) atoms. The molecule has 4 aromatic carbocycles. The summed E-state index contributed by atoms with van der Waals surface area (Å²) in [6, 6.07) is 30.5. The maximum atomic E-state index is 15.2. The van der Waals surface area contributed by atoms with Gasteiger partial charge >= 0.3 is 0 Å². The second-order valence-electron chi connectivity index (χ2n) is 13.7. The molecule has 0 radical (unpaired) electrons. The molecule has 0 bridgehead atoms. The lowest BCUT2D eigenvalue weighted by Gasteiger charge is -2.49. The molecule has 256 valence electrons. The summed E-state index contributed by atoms with van der Waals surface area (Å²) in [6.07, 6.45) is 6.42. The third-order valence-corrected chi connectivity index (χ3v) is 11.4. The number of benzene rings is 4. The van der Waals surface area contributed by atoms with Crippen molar-refractivity contribution in [2.24, 2.45) is 29.6 Å². The Kier molecular flexibility index (Phi) is 8.14. The summed E-state index contributed by atoms with van der Waals surface area (Å²) in [5.74, 6) is -4.08. The van der Waals surface area contributed by atoms with Gasteiger partial charge in [-0.1, -0.05) is 108 Å². The largest absolute Gasteiger partial charge is 0.504 e. The van der Waals surface area contributed by atoms with Gasteiger partial charge in [0.25, 0.3) is 0 Å². The molecule has 8 nitrogen and oxygen atoms in total. The van der Waals surface area contributed by atoms with Crippen molar-refractivity contribution in [3.8, 4) is 11.5 Å². The fourth-order valence-corrected chi connectivity index (χ4v) is 9.17. The van der Waals surface area contributed by atoms with E-state index in [1.807, 2.05) is 78.9 Å². The molecule has 2 saturated heterocycles. The molecular formula is C42H35ClN2O6. The number of nitrogens with zero attached hydrogens (tertiary/aromatic N) is 2. The Labute approximate surface area is 300 Å². The number of hydrogen-bond donors (Lipinski definition) is 1. The van der Waals surface area contributed by atoms with Crippen molar-refractivity contribution in [3.05, 3.63) is 143 Å². The van der Waals surface area contributed by atoms with Crippen LogP contribution >= 0.6 is 11.6 Å². The Morgan fingerprint density at radius 3 is 2.33 bits per heavy atom. The van der Waals surface area contributed by atoms with Gasteiger partial charge in [-0.3, -0.25) is 24.1 Å². The van der Waals surface area contributed by atoms with Crippen molar-refractivity contribution in [2.45, 2.75) is 24.8 Å². The number of halogens is 1. The fraction of sp³-hybridized carbons (Fsp3) is 0.238.